The number of fused-ring (bicyclic) bond motifs is 2. The van der Waals surface area contributed by atoms with Gasteiger partial charge in [-0.05, 0) is 30.5 Å². The van der Waals surface area contributed by atoms with Crippen LogP contribution >= 0.6 is 0 Å². The van der Waals surface area contributed by atoms with Crippen LogP contribution in [0.2, 0.25) is 0 Å². The number of ether oxygens (including phenoxy) is 1. The van der Waals surface area contributed by atoms with Crippen LogP contribution in [0.4, 0.5) is 9.18 Å². The number of nitrogens with one attached hydrogen (secondary N) is 1. The first-order chi connectivity index (χ1) is 7.20. The number of rotatable bonds is 0. The molecule has 0 bridgehead atoms. The van der Waals surface area contributed by atoms with E-state index in [1.165, 1.54) is 12.1 Å². The molecule has 0 aromatic heterocycles. The van der Waals surface area contributed by atoms with E-state index in [0.29, 0.717) is 6.54 Å². The van der Waals surface area contributed by atoms with Crippen LogP contribution in [-0.2, 0) is 16.8 Å². The molecule has 1 saturated heterocycles. The van der Waals surface area contributed by atoms with Crippen molar-refractivity contribution in [3.8, 4) is 0 Å². The van der Waals surface area contributed by atoms with Gasteiger partial charge < -0.3 is 10.1 Å². The second kappa shape index (κ2) is 2.72. The number of carbonyl (C=O) groups is 1. The zero-order chi connectivity index (χ0) is 10.5. The second-order valence-corrected chi connectivity index (χ2v) is 4.04. The average Bonchev–Trinajstić information content (AvgIpc) is 2.73. The summed E-state index contributed by atoms with van der Waals surface area (Å²) >= 11 is 0. The van der Waals surface area contributed by atoms with Gasteiger partial charge in [-0.3, -0.25) is 0 Å². The molecule has 1 aromatic carbocycles. The highest BCUT2D eigenvalue weighted by Crippen LogP contribution is 2.41. The zero-order valence-corrected chi connectivity index (χ0v) is 8.05. The molecular formula is C11H10FNO2. The summed E-state index contributed by atoms with van der Waals surface area (Å²) in [4.78, 5) is 11.1. The van der Waals surface area contributed by atoms with Crippen molar-refractivity contribution >= 4 is 6.09 Å². The summed E-state index contributed by atoms with van der Waals surface area (Å²) < 4.78 is 18.3. The van der Waals surface area contributed by atoms with Crippen LogP contribution < -0.4 is 5.32 Å². The van der Waals surface area contributed by atoms with Crippen molar-refractivity contribution in [1.29, 1.82) is 0 Å². The lowest BCUT2D eigenvalue weighted by Crippen LogP contribution is -2.27. The molecule has 1 heterocycles. The topological polar surface area (TPSA) is 38.3 Å². The Morgan fingerprint density at radius 3 is 3.07 bits per heavy atom. The number of amides is 1. The molecule has 1 fully saturated rings. The first-order valence-corrected chi connectivity index (χ1v) is 4.95. The minimum Gasteiger partial charge on any atom is -0.436 e. The number of halogens is 1. The Bertz CT molecular complexity index is 446. The molecule has 1 unspecified atom stereocenters. The van der Waals surface area contributed by atoms with Crippen LogP contribution in [0.5, 0.6) is 0 Å². The molecule has 4 heteroatoms. The van der Waals surface area contributed by atoms with Gasteiger partial charge in [0.05, 0.1) is 6.54 Å². The third-order valence-electron chi connectivity index (χ3n) is 3.16. The fraction of sp³-hybridized carbons (Fsp3) is 0.364. The maximum atomic E-state index is 13.0. The Kier molecular flexibility index (Phi) is 1.58. The fourth-order valence-corrected chi connectivity index (χ4v) is 2.44. The molecule has 2 aliphatic rings. The van der Waals surface area contributed by atoms with Crippen LogP contribution in [0.25, 0.3) is 0 Å². The predicted molar refractivity (Wildman–Crippen MR) is 50.9 cm³/mol. The van der Waals surface area contributed by atoms with Crippen LogP contribution in [0.3, 0.4) is 0 Å². The van der Waals surface area contributed by atoms with E-state index in [1.807, 2.05) is 0 Å². The largest absolute Gasteiger partial charge is 0.436 e. The van der Waals surface area contributed by atoms with Crippen molar-refractivity contribution < 1.29 is 13.9 Å². The SMILES string of the molecule is O=C1NCC2(CCc3cc(F)ccc32)O1. The van der Waals surface area contributed by atoms with Gasteiger partial charge in [0.1, 0.15) is 5.82 Å². The van der Waals surface area contributed by atoms with Crippen LogP contribution in [-0.4, -0.2) is 12.6 Å². The number of alkyl carbamates (subject to hydrolysis) is 1. The quantitative estimate of drug-likeness (QED) is 0.703. The van der Waals surface area contributed by atoms with Gasteiger partial charge in [-0.2, -0.15) is 0 Å². The van der Waals surface area contributed by atoms with Gasteiger partial charge in [-0.1, -0.05) is 6.07 Å². The van der Waals surface area contributed by atoms with Crippen molar-refractivity contribution in [3.63, 3.8) is 0 Å². The fourth-order valence-electron chi connectivity index (χ4n) is 2.44. The molecule has 3 rings (SSSR count). The third kappa shape index (κ3) is 1.14. The van der Waals surface area contributed by atoms with E-state index in [0.717, 1.165) is 24.0 Å². The maximum absolute atomic E-state index is 13.0. The lowest BCUT2D eigenvalue weighted by Gasteiger charge is -2.21. The summed E-state index contributed by atoms with van der Waals surface area (Å²) in [5.74, 6) is -0.233. The standard InChI is InChI=1S/C11H10FNO2/c12-8-1-2-9-7(5-8)3-4-11(9)6-13-10(14)15-11/h1-2,5H,3-4,6H2,(H,13,14). The summed E-state index contributed by atoms with van der Waals surface area (Å²) in [6, 6.07) is 4.66. The summed E-state index contributed by atoms with van der Waals surface area (Å²) in [6.45, 7) is 0.491. The molecule has 1 N–H and O–H groups in total. The minimum atomic E-state index is -0.542. The van der Waals surface area contributed by atoms with E-state index in [4.69, 9.17) is 4.74 Å². The first kappa shape index (κ1) is 8.71. The van der Waals surface area contributed by atoms with Gasteiger partial charge in [0, 0.05) is 5.56 Å². The number of hydrogen-bond acceptors (Lipinski definition) is 2. The molecule has 78 valence electrons. The van der Waals surface area contributed by atoms with Gasteiger partial charge in [-0.15, -0.1) is 0 Å². The van der Waals surface area contributed by atoms with E-state index >= 15 is 0 Å². The summed E-state index contributed by atoms with van der Waals surface area (Å²) in [5, 5.41) is 2.65. The van der Waals surface area contributed by atoms with Crippen molar-refractivity contribution in [2.45, 2.75) is 18.4 Å². The van der Waals surface area contributed by atoms with Gasteiger partial charge >= 0.3 is 6.09 Å². The molecule has 1 aliphatic heterocycles. The van der Waals surface area contributed by atoms with Crippen LogP contribution in [0, 0.1) is 5.82 Å². The van der Waals surface area contributed by atoms with Crippen molar-refractivity contribution in [3.05, 3.63) is 35.1 Å². The van der Waals surface area contributed by atoms with E-state index < -0.39 is 5.60 Å². The molecule has 1 aromatic rings. The number of hydrogen-bond donors (Lipinski definition) is 1. The molecule has 1 amide bonds. The smallest absolute Gasteiger partial charge is 0.408 e. The van der Waals surface area contributed by atoms with Gasteiger partial charge in [0.2, 0.25) is 0 Å². The maximum Gasteiger partial charge on any atom is 0.408 e. The second-order valence-electron chi connectivity index (χ2n) is 4.04. The Morgan fingerprint density at radius 2 is 2.33 bits per heavy atom. The van der Waals surface area contributed by atoms with Gasteiger partial charge in [-0.25, -0.2) is 9.18 Å². The summed E-state index contributed by atoms with van der Waals surface area (Å²) in [7, 11) is 0. The summed E-state index contributed by atoms with van der Waals surface area (Å²) in [5.41, 5.74) is 1.36. The number of benzene rings is 1. The highest BCUT2D eigenvalue weighted by Gasteiger charge is 2.46. The van der Waals surface area contributed by atoms with Crippen molar-refractivity contribution in [2.24, 2.45) is 0 Å². The molecular weight excluding hydrogens is 197 g/mol. The Balaban J connectivity index is 2.08. The molecule has 1 spiro atoms. The number of aryl methyl sites for hydroxylation is 1. The Hall–Kier alpha value is -1.58. The molecule has 0 saturated carbocycles. The van der Waals surface area contributed by atoms with E-state index in [2.05, 4.69) is 5.32 Å². The van der Waals surface area contributed by atoms with Gasteiger partial charge in [0.25, 0.3) is 0 Å². The molecule has 1 aliphatic carbocycles. The summed E-state index contributed by atoms with van der Waals surface area (Å²) in [6.07, 6.45) is 1.12. The number of carbonyl (C=O) groups excluding carboxylic acids is 1. The average molecular weight is 207 g/mol. The van der Waals surface area contributed by atoms with E-state index in [-0.39, 0.29) is 11.9 Å². The monoisotopic (exact) mass is 207 g/mol. The van der Waals surface area contributed by atoms with Crippen molar-refractivity contribution in [1.82, 2.24) is 5.32 Å². The highest BCUT2D eigenvalue weighted by atomic mass is 19.1. The molecule has 1 atom stereocenters. The van der Waals surface area contributed by atoms with E-state index in [1.54, 1.807) is 6.07 Å². The van der Waals surface area contributed by atoms with Crippen LogP contribution in [0.15, 0.2) is 18.2 Å². The van der Waals surface area contributed by atoms with Gasteiger partial charge in [0.15, 0.2) is 5.60 Å². The molecule has 0 radical (unpaired) electrons. The zero-order valence-electron chi connectivity index (χ0n) is 8.05. The lowest BCUT2D eigenvalue weighted by molar-refractivity contribution is 0.0561. The Labute approximate surface area is 86.2 Å². The predicted octanol–water partition coefficient (Wildman–Crippen LogP) is 1.71. The molecule has 3 nitrogen and oxygen atoms in total. The highest BCUT2D eigenvalue weighted by molar-refractivity contribution is 5.71. The molecule has 15 heavy (non-hydrogen) atoms. The lowest BCUT2D eigenvalue weighted by atomic mass is 9.96. The third-order valence-corrected chi connectivity index (χ3v) is 3.16. The van der Waals surface area contributed by atoms with Crippen molar-refractivity contribution in [2.75, 3.05) is 6.54 Å². The Morgan fingerprint density at radius 1 is 1.47 bits per heavy atom. The first-order valence-electron chi connectivity index (χ1n) is 4.95. The van der Waals surface area contributed by atoms with E-state index in [9.17, 15) is 9.18 Å². The minimum absolute atomic E-state index is 0.233. The normalized spacial score (nSPS) is 27.7. The van der Waals surface area contributed by atoms with Crippen LogP contribution in [0.1, 0.15) is 17.5 Å².